The van der Waals surface area contributed by atoms with Gasteiger partial charge in [-0.05, 0) is 30.5 Å². The second-order valence-electron chi connectivity index (χ2n) is 4.81. The molecule has 2 unspecified atom stereocenters. The van der Waals surface area contributed by atoms with Gasteiger partial charge in [-0.2, -0.15) is 0 Å². The van der Waals surface area contributed by atoms with Crippen molar-refractivity contribution in [3.05, 3.63) is 29.8 Å². The first kappa shape index (κ1) is 14.3. The number of phenolic OH excluding ortho intramolecular Hbond substituents is 1. The van der Waals surface area contributed by atoms with Crippen LogP contribution in [0.2, 0.25) is 0 Å². The number of carbonyl (C=O) groups excluding carboxylic acids is 1. The third-order valence-electron chi connectivity index (χ3n) is 3.21. The summed E-state index contributed by atoms with van der Waals surface area (Å²) in [4.78, 5) is 22.4. The van der Waals surface area contributed by atoms with Crippen LogP contribution < -0.4 is 5.32 Å². The van der Waals surface area contributed by atoms with Gasteiger partial charge in [0.05, 0.1) is 12.5 Å². The number of nitrogens with one attached hydrogen (secondary N) is 1. The average Bonchev–Trinajstić information content (AvgIpc) is 2.88. The van der Waals surface area contributed by atoms with E-state index in [-0.39, 0.29) is 24.2 Å². The first-order valence-corrected chi connectivity index (χ1v) is 6.47. The lowest BCUT2D eigenvalue weighted by Gasteiger charge is -2.12. The molecule has 1 aromatic carbocycles. The molecule has 1 heterocycles. The summed E-state index contributed by atoms with van der Waals surface area (Å²) in [7, 11) is 0. The maximum atomic E-state index is 11.7. The summed E-state index contributed by atoms with van der Waals surface area (Å²) in [5, 5.41) is 20.7. The summed E-state index contributed by atoms with van der Waals surface area (Å²) < 4.78 is 5.29. The van der Waals surface area contributed by atoms with E-state index in [1.165, 1.54) is 12.1 Å². The zero-order valence-corrected chi connectivity index (χ0v) is 10.9. The highest BCUT2D eigenvalue weighted by Crippen LogP contribution is 2.19. The second-order valence-corrected chi connectivity index (χ2v) is 4.81. The summed E-state index contributed by atoms with van der Waals surface area (Å²) in [5.74, 6) is -0.950. The SMILES string of the molecule is O=C(Cc1ccc(O)cc1)NCC1CCC(C(=O)O)O1. The zero-order valence-electron chi connectivity index (χ0n) is 10.9. The van der Waals surface area contributed by atoms with Crippen LogP contribution in [0.25, 0.3) is 0 Å². The van der Waals surface area contributed by atoms with E-state index in [9.17, 15) is 9.59 Å². The van der Waals surface area contributed by atoms with E-state index < -0.39 is 12.1 Å². The highest BCUT2D eigenvalue weighted by atomic mass is 16.5. The Morgan fingerprint density at radius 1 is 1.25 bits per heavy atom. The number of ether oxygens (including phenoxy) is 1. The van der Waals surface area contributed by atoms with Gasteiger partial charge < -0.3 is 20.3 Å². The minimum atomic E-state index is -0.956. The van der Waals surface area contributed by atoms with Crippen molar-refractivity contribution >= 4 is 11.9 Å². The number of hydrogen-bond acceptors (Lipinski definition) is 4. The number of amides is 1. The lowest BCUT2D eigenvalue weighted by atomic mass is 10.1. The molecular weight excluding hydrogens is 262 g/mol. The van der Waals surface area contributed by atoms with Crippen LogP contribution in [-0.4, -0.2) is 40.8 Å². The van der Waals surface area contributed by atoms with Gasteiger partial charge in [0, 0.05) is 6.54 Å². The summed E-state index contributed by atoms with van der Waals surface area (Å²) in [6.45, 7) is 0.320. The van der Waals surface area contributed by atoms with Gasteiger partial charge in [0.1, 0.15) is 5.75 Å². The van der Waals surface area contributed by atoms with Crippen molar-refractivity contribution < 1.29 is 24.5 Å². The maximum Gasteiger partial charge on any atom is 0.332 e. The Balaban J connectivity index is 1.73. The van der Waals surface area contributed by atoms with Crippen LogP contribution in [0.4, 0.5) is 0 Å². The molecule has 0 radical (unpaired) electrons. The van der Waals surface area contributed by atoms with Crippen LogP contribution in [0.15, 0.2) is 24.3 Å². The Bertz CT molecular complexity index is 485. The van der Waals surface area contributed by atoms with E-state index >= 15 is 0 Å². The van der Waals surface area contributed by atoms with Crippen LogP contribution in [0.5, 0.6) is 5.75 Å². The molecule has 0 saturated carbocycles. The molecule has 0 bridgehead atoms. The molecule has 20 heavy (non-hydrogen) atoms. The second kappa shape index (κ2) is 6.38. The lowest BCUT2D eigenvalue weighted by Crippen LogP contribution is -2.34. The predicted molar refractivity (Wildman–Crippen MR) is 70.4 cm³/mol. The van der Waals surface area contributed by atoms with Crippen molar-refractivity contribution in [1.29, 1.82) is 0 Å². The van der Waals surface area contributed by atoms with E-state index in [2.05, 4.69) is 5.32 Å². The molecule has 0 aromatic heterocycles. The number of aromatic hydroxyl groups is 1. The first-order chi connectivity index (χ1) is 9.54. The van der Waals surface area contributed by atoms with Crippen LogP contribution in [0.1, 0.15) is 18.4 Å². The number of aliphatic carboxylic acids is 1. The van der Waals surface area contributed by atoms with Gasteiger partial charge in [-0.25, -0.2) is 4.79 Å². The fourth-order valence-corrected chi connectivity index (χ4v) is 2.13. The summed E-state index contributed by atoms with van der Waals surface area (Å²) in [5.41, 5.74) is 0.802. The molecule has 3 N–H and O–H groups in total. The largest absolute Gasteiger partial charge is 0.508 e. The van der Waals surface area contributed by atoms with Gasteiger partial charge in [0.25, 0.3) is 0 Å². The monoisotopic (exact) mass is 279 g/mol. The van der Waals surface area contributed by atoms with Gasteiger partial charge in [0.15, 0.2) is 6.10 Å². The van der Waals surface area contributed by atoms with Crippen molar-refractivity contribution in [3.8, 4) is 5.75 Å². The van der Waals surface area contributed by atoms with Crippen molar-refractivity contribution in [1.82, 2.24) is 5.32 Å². The highest BCUT2D eigenvalue weighted by molar-refractivity contribution is 5.78. The average molecular weight is 279 g/mol. The number of phenols is 1. The summed E-state index contributed by atoms with van der Waals surface area (Å²) in [6, 6.07) is 6.42. The van der Waals surface area contributed by atoms with Crippen LogP contribution in [0, 0.1) is 0 Å². The smallest absolute Gasteiger partial charge is 0.332 e. The normalized spacial score (nSPS) is 21.6. The highest BCUT2D eigenvalue weighted by Gasteiger charge is 2.30. The molecule has 108 valence electrons. The van der Waals surface area contributed by atoms with Crippen LogP contribution >= 0.6 is 0 Å². The molecule has 0 aliphatic carbocycles. The molecule has 2 rings (SSSR count). The Morgan fingerprint density at radius 2 is 1.95 bits per heavy atom. The number of carboxylic acid groups (broad SMARTS) is 1. The van der Waals surface area contributed by atoms with Gasteiger partial charge >= 0.3 is 5.97 Å². The standard InChI is InChI=1S/C14H17NO5/c16-10-3-1-9(2-4-10)7-13(17)15-8-11-5-6-12(20-11)14(18)19/h1-4,11-12,16H,5-8H2,(H,15,17)(H,18,19). The van der Waals surface area contributed by atoms with Crippen molar-refractivity contribution in [3.63, 3.8) is 0 Å². The molecule has 1 aliphatic heterocycles. The predicted octanol–water partition coefficient (Wildman–Crippen LogP) is 0.683. The molecule has 0 spiro atoms. The quantitative estimate of drug-likeness (QED) is 0.736. The molecular formula is C14H17NO5. The number of rotatable bonds is 5. The number of hydrogen-bond donors (Lipinski definition) is 3. The fourth-order valence-electron chi connectivity index (χ4n) is 2.13. The van der Waals surface area contributed by atoms with Crippen molar-refractivity contribution in [2.75, 3.05) is 6.54 Å². The third-order valence-corrected chi connectivity index (χ3v) is 3.21. The Kier molecular flexibility index (Phi) is 4.57. The molecule has 1 aliphatic rings. The van der Waals surface area contributed by atoms with E-state index in [1.54, 1.807) is 12.1 Å². The first-order valence-electron chi connectivity index (χ1n) is 6.47. The van der Waals surface area contributed by atoms with E-state index in [1.807, 2.05) is 0 Å². The summed E-state index contributed by atoms with van der Waals surface area (Å²) >= 11 is 0. The van der Waals surface area contributed by atoms with E-state index in [0.717, 1.165) is 5.56 Å². The number of carbonyl (C=O) groups is 2. The third kappa shape index (κ3) is 3.96. The minimum absolute atomic E-state index is 0.155. The van der Waals surface area contributed by atoms with Gasteiger partial charge in [0.2, 0.25) is 5.91 Å². The molecule has 1 saturated heterocycles. The van der Waals surface area contributed by atoms with Crippen LogP contribution in [0.3, 0.4) is 0 Å². The molecule has 1 amide bonds. The minimum Gasteiger partial charge on any atom is -0.508 e. The molecule has 6 nitrogen and oxygen atoms in total. The molecule has 1 fully saturated rings. The molecule has 1 aromatic rings. The van der Waals surface area contributed by atoms with E-state index in [4.69, 9.17) is 14.9 Å². The Morgan fingerprint density at radius 3 is 2.55 bits per heavy atom. The Hall–Kier alpha value is -2.08. The van der Waals surface area contributed by atoms with Gasteiger partial charge in [-0.1, -0.05) is 12.1 Å². The van der Waals surface area contributed by atoms with Gasteiger partial charge in [-0.15, -0.1) is 0 Å². The lowest BCUT2D eigenvalue weighted by molar-refractivity contribution is -0.149. The number of benzene rings is 1. The zero-order chi connectivity index (χ0) is 14.5. The van der Waals surface area contributed by atoms with Crippen molar-refractivity contribution in [2.24, 2.45) is 0 Å². The topological polar surface area (TPSA) is 95.9 Å². The molecule has 6 heteroatoms. The number of carboxylic acids is 1. The fraction of sp³-hybridized carbons (Fsp3) is 0.429. The summed E-state index contributed by atoms with van der Waals surface area (Å²) in [6.07, 6.45) is 0.341. The van der Waals surface area contributed by atoms with Crippen LogP contribution in [-0.2, 0) is 20.7 Å². The van der Waals surface area contributed by atoms with E-state index in [0.29, 0.717) is 19.4 Å². The van der Waals surface area contributed by atoms with Crippen molar-refractivity contribution in [2.45, 2.75) is 31.5 Å². The Labute approximate surface area is 116 Å². The van der Waals surface area contributed by atoms with Gasteiger partial charge in [-0.3, -0.25) is 4.79 Å². The molecule has 2 atom stereocenters. The maximum absolute atomic E-state index is 11.7.